The second kappa shape index (κ2) is 31.5. The lowest BCUT2D eigenvalue weighted by molar-refractivity contribution is -0.220. The van der Waals surface area contributed by atoms with Crippen LogP contribution in [0.15, 0.2) is 36.5 Å². The van der Waals surface area contributed by atoms with Crippen LogP contribution in [-0.2, 0) is 18.4 Å². The van der Waals surface area contributed by atoms with Crippen LogP contribution in [0.4, 0.5) is 0 Å². The minimum absolute atomic E-state index is 0.255. The molecule has 0 heterocycles. The number of hydrogen-bond donors (Lipinski definition) is 9. The number of phosphoric acid groups is 1. The van der Waals surface area contributed by atoms with E-state index in [0.29, 0.717) is 19.3 Å². The number of aliphatic hydroxyl groups excluding tert-OH is 7. The first-order valence-corrected chi connectivity index (χ1v) is 22.5. The molecule has 1 aliphatic carbocycles. The van der Waals surface area contributed by atoms with Gasteiger partial charge in [-0.15, -0.1) is 0 Å². The van der Waals surface area contributed by atoms with Gasteiger partial charge in [0.2, 0.25) is 5.91 Å². The molecule has 0 radical (unpaired) electrons. The number of aliphatic hydroxyl groups is 7. The van der Waals surface area contributed by atoms with Gasteiger partial charge in [0.05, 0.1) is 31.3 Å². The van der Waals surface area contributed by atoms with E-state index in [0.717, 1.165) is 44.9 Å². The number of hydrogen-bond acceptors (Lipinski definition) is 11. The molecule has 1 saturated carbocycles. The van der Waals surface area contributed by atoms with E-state index in [-0.39, 0.29) is 6.42 Å². The molecule has 8 atom stereocenters. The molecule has 1 amide bonds. The van der Waals surface area contributed by atoms with E-state index >= 15 is 0 Å². The van der Waals surface area contributed by atoms with Crippen LogP contribution in [0.1, 0.15) is 155 Å². The highest BCUT2D eigenvalue weighted by atomic mass is 31.2. The summed E-state index contributed by atoms with van der Waals surface area (Å²) < 4.78 is 22.8. The van der Waals surface area contributed by atoms with E-state index in [1.807, 2.05) is 6.08 Å². The lowest BCUT2D eigenvalue weighted by Crippen LogP contribution is -2.64. The van der Waals surface area contributed by atoms with Gasteiger partial charge in [0.25, 0.3) is 0 Å². The van der Waals surface area contributed by atoms with Crippen LogP contribution >= 0.6 is 7.82 Å². The Hall–Kier alpha value is -1.48. The molecule has 0 aromatic heterocycles. The highest BCUT2D eigenvalue weighted by molar-refractivity contribution is 7.47. The lowest BCUT2D eigenvalue weighted by atomic mass is 9.85. The van der Waals surface area contributed by atoms with Gasteiger partial charge in [0, 0.05) is 0 Å². The minimum Gasteiger partial charge on any atom is -0.393 e. The smallest absolute Gasteiger partial charge is 0.393 e. The predicted octanol–water partition coefficient (Wildman–Crippen LogP) is 5.80. The summed E-state index contributed by atoms with van der Waals surface area (Å²) in [5.74, 6) is -0.610. The molecule has 1 fully saturated rings. The molecule has 9 N–H and O–H groups in total. The van der Waals surface area contributed by atoms with Crippen molar-refractivity contribution in [2.75, 3.05) is 6.61 Å². The quantitative estimate of drug-likeness (QED) is 0.0218. The first-order chi connectivity index (χ1) is 26.3. The Labute approximate surface area is 330 Å². The zero-order valence-electron chi connectivity index (χ0n) is 33.6. The standard InChI is InChI=1S/C41H76NO12P/c1-3-5-7-9-11-13-15-16-17-19-21-23-25-27-29-34(44)33(31-53-55(51,52)54-41-39(49)37(47)36(46)38(48)40(41)50)42-35(45)30-32(43)28-26-24-22-20-18-14-12-10-8-6-4-2/h13,15,19,21,27,29,32-34,36-41,43-44,46-50H,3-12,14,16-18,20,22-26,28,30-31H2,1-2H3,(H,42,45)(H,51,52)/b15-13+,21-19+,29-27+. The largest absolute Gasteiger partial charge is 0.472 e. The lowest BCUT2D eigenvalue weighted by Gasteiger charge is -2.41. The van der Waals surface area contributed by atoms with Gasteiger partial charge in [-0.1, -0.05) is 140 Å². The van der Waals surface area contributed by atoms with Crippen molar-refractivity contribution >= 4 is 13.7 Å². The maximum Gasteiger partial charge on any atom is 0.472 e. The van der Waals surface area contributed by atoms with Crippen LogP contribution in [-0.4, -0.2) is 108 Å². The van der Waals surface area contributed by atoms with Crippen molar-refractivity contribution in [3.63, 3.8) is 0 Å². The Morgan fingerprint density at radius 3 is 1.60 bits per heavy atom. The summed E-state index contributed by atoms with van der Waals surface area (Å²) in [5, 5.41) is 74.1. The van der Waals surface area contributed by atoms with Crippen LogP contribution in [0.3, 0.4) is 0 Å². The van der Waals surface area contributed by atoms with Gasteiger partial charge in [-0.25, -0.2) is 4.57 Å². The van der Waals surface area contributed by atoms with Crippen LogP contribution in [0, 0.1) is 0 Å². The Balaban J connectivity index is 2.67. The van der Waals surface area contributed by atoms with Gasteiger partial charge < -0.3 is 46.0 Å². The molecule has 13 nitrogen and oxygen atoms in total. The molecule has 322 valence electrons. The molecule has 14 heteroatoms. The van der Waals surface area contributed by atoms with E-state index in [9.17, 15) is 50.0 Å². The number of carbonyl (C=O) groups excluding carboxylic acids is 1. The van der Waals surface area contributed by atoms with Gasteiger partial charge in [-0.3, -0.25) is 13.8 Å². The van der Waals surface area contributed by atoms with Crippen molar-refractivity contribution in [3.8, 4) is 0 Å². The third-order valence-electron chi connectivity index (χ3n) is 9.96. The summed E-state index contributed by atoms with van der Waals surface area (Å²) in [4.78, 5) is 23.3. The SMILES string of the molecule is CCCCCC/C=C/CC/C=C/CC/C=C/C(O)C(COP(=O)(O)OC1C(O)C(O)C(O)C(O)C1O)NC(=O)CC(O)CCCCCCCCCCCCC. The average Bonchev–Trinajstić information content (AvgIpc) is 3.15. The number of allylic oxidation sites excluding steroid dienone is 5. The van der Waals surface area contributed by atoms with Crippen LogP contribution < -0.4 is 5.32 Å². The molecule has 8 unspecified atom stereocenters. The highest BCUT2D eigenvalue weighted by Gasteiger charge is 2.51. The van der Waals surface area contributed by atoms with Crippen molar-refractivity contribution in [2.24, 2.45) is 0 Å². The van der Waals surface area contributed by atoms with Gasteiger partial charge in [-0.05, 0) is 44.9 Å². The zero-order valence-corrected chi connectivity index (χ0v) is 34.5. The normalized spacial score (nSPS) is 24.8. The Morgan fingerprint density at radius 2 is 1.07 bits per heavy atom. The summed E-state index contributed by atoms with van der Waals surface area (Å²) in [5.41, 5.74) is 0. The van der Waals surface area contributed by atoms with Gasteiger partial charge >= 0.3 is 7.82 Å². The van der Waals surface area contributed by atoms with Crippen LogP contribution in [0.25, 0.3) is 0 Å². The highest BCUT2D eigenvalue weighted by Crippen LogP contribution is 2.47. The van der Waals surface area contributed by atoms with E-state index in [2.05, 4.69) is 37.4 Å². The first kappa shape index (κ1) is 51.5. The summed E-state index contributed by atoms with van der Waals surface area (Å²) >= 11 is 0. The second-order valence-electron chi connectivity index (χ2n) is 15.0. The fourth-order valence-electron chi connectivity index (χ4n) is 6.45. The minimum atomic E-state index is -5.14. The Morgan fingerprint density at radius 1 is 0.636 bits per heavy atom. The third kappa shape index (κ3) is 24.1. The summed E-state index contributed by atoms with van der Waals surface area (Å²) in [7, 11) is -5.14. The maximum absolute atomic E-state index is 12.9. The molecule has 55 heavy (non-hydrogen) atoms. The van der Waals surface area contributed by atoms with Crippen molar-refractivity contribution in [2.45, 2.75) is 210 Å². The summed E-state index contributed by atoms with van der Waals surface area (Å²) in [6.07, 6.45) is 19.6. The third-order valence-corrected chi connectivity index (χ3v) is 10.9. The maximum atomic E-state index is 12.9. The van der Waals surface area contributed by atoms with E-state index < -0.39 is 75.2 Å². The Bertz CT molecular complexity index is 1090. The first-order valence-electron chi connectivity index (χ1n) is 21.0. The number of phosphoric ester groups is 1. The molecule has 0 bridgehead atoms. The van der Waals surface area contributed by atoms with Crippen molar-refractivity contribution in [1.29, 1.82) is 0 Å². The molecule has 0 aliphatic heterocycles. The van der Waals surface area contributed by atoms with Crippen LogP contribution in [0.2, 0.25) is 0 Å². The Kier molecular flexibility index (Phi) is 29.5. The number of unbranched alkanes of at least 4 members (excludes halogenated alkanes) is 16. The molecular formula is C41H76NO12P. The monoisotopic (exact) mass is 806 g/mol. The number of carbonyl (C=O) groups is 1. The molecule has 0 saturated heterocycles. The second-order valence-corrected chi connectivity index (χ2v) is 16.4. The molecular weight excluding hydrogens is 729 g/mol. The number of rotatable bonds is 33. The summed E-state index contributed by atoms with van der Waals surface area (Å²) in [6, 6.07) is -1.26. The molecule has 0 aromatic rings. The zero-order chi connectivity index (χ0) is 40.9. The molecule has 1 rings (SSSR count). The predicted molar refractivity (Wildman–Crippen MR) is 215 cm³/mol. The molecule has 1 aliphatic rings. The van der Waals surface area contributed by atoms with Crippen molar-refractivity contribution < 1.29 is 59.0 Å². The number of nitrogens with one attached hydrogen (secondary N) is 1. The van der Waals surface area contributed by atoms with Gasteiger partial charge in [0.1, 0.15) is 36.6 Å². The van der Waals surface area contributed by atoms with Crippen molar-refractivity contribution in [1.82, 2.24) is 5.32 Å². The molecule has 0 aromatic carbocycles. The van der Waals surface area contributed by atoms with Crippen LogP contribution in [0.5, 0.6) is 0 Å². The van der Waals surface area contributed by atoms with E-state index in [1.165, 1.54) is 76.7 Å². The molecule has 0 spiro atoms. The van der Waals surface area contributed by atoms with Gasteiger partial charge in [0.15, 0.2) is 0 Å². The van der Waals surface area contributed by atoms with Gasteiger partial charge in [-0.2, -0.15) is 0 Å². The summed E-state index contributed by atoms with van der Waals surface area (Å²) in [6.45, 7) is 3.66. The van der Waals surface area contributed by atoms with E-state index in [4.69, 9.17) is 9.05 Å². The topological polar surface area (TPSA) is 226 Å². The average molecular weight is 806 g/mol. The fourth-order valence-corrected chi connectivity index (χ4v) is 7.41. The fraction of sp³-hybridized carbons (Fsp3) is 0.829. The van der Waals surface area contributed by atoms with Crippen molar-refractivity contribution in [3.05, 3.63) is 36.5 Å². The number of amides is 1. The van der Waals surface area contributed by atoms with E-state index in [1.54, 1.807) is 6.08 Å².